The minimum atomic E-state index is -4.27. The number of halogens is 3. The Morgan fingerprint density at radius 3 is 1.85 bits per heavy atom. The van der Waals surface area contributed by atoms with Crippen LogP contribution in [0.3, 0.4) is 0 Å². The fourth-order valence-electron chi connectivity index (χ4n) is 1.64. The van der Waals surface area contributed by atoms with Crippen LogP contribution in [0.1, 0.15) is 12.5 Å². The average molecular weight is 298 g/mol. The van der Waals surface area contributed by atoms with Gasteiger partial charge < -0.3 is 4.74 Å². The largest absolute Gasteiger partial charge is 0.457 e. The first kappa shape index (κ1) is 14.8. The van der Waals surface area contributed by atoms with E-state index in [2.05, 4.69) is 6.92 Å². The molecule has 0 radical (unpaired) electrons. The minimum Gasteiger partial charge on any atom is -0.457 e. The van der Waals surface area contributed by atoms with Crippen molar-refractivity contribution >= 4 is 11.8 Å². The van der Waals surface area contributed by atoms with Gasteiger partial charge in [-0.05, 0) is 60.1 Å². The van der Waals surface area contributed by atoms with Gasteiger partial charge >= 0.3 is 5.51 Å². The molecule has 0 spiro atoms. The Bertz CT molecular complexity index is 547. The summed E-state index contributed by atoms with van der Waals surface area (Å²) in [6.45, 7) is 2.06. The molecule has 0 bridgehead atoms. The third kappa shape index (κ3) is 4.49. The first-order valence-corrected chi connectivity index (χ1v) is 6.90. The summed E-state index contributed by atoms with van der Waals surface area (Å²) < 4.78 is 42.1. The van der Waals surface area contributed by atoms with Crippen LogP contribution in [-0.2, 0) is 6.42 Å². The highest BCUT2D eigenvalue weighted by Gasteiger charge is 2.29. The smallest absolute Gasteiger partial charge is 0.446 e. The summed E-state index contributed by atoms with van der Waals surface area (Å²) in [5, 5.41) is 0. The lowest BCUT2D eigenvalue weighted by atomic mass is 10.2. The van der Waals surface area contributed by atoms with E-state index < -0.39 is 5.51 Å². The Morgan fingerprint density at radius 2 is 1.40 bits per heavy atom. The molecule has 1 nitrogen and oxygen atoms in total. The van der Waals surface area contributed by atoms with Crippen LogP contribution >= 0.6 is 11.8 Å². The van der Waals surface area contributed by atoms with Gasteiger partial charge in [0.1, 0.15) is 11.5 Å². The fraction of sp³-hybridized carbons (Fsp3) is 0.200. The number of rotatable bonds is 4. The van der Waals surface area contributed by atoms with Gasteiger partial charge in [0.15, 0.2) is 0 Å². The number of benzene rings is 2. The molecule has 0 N–H and O–H groups in total. The van der Waals surface area contributed by atoms with Gasteiger partial charge in [-0.15, -0.1) is 0 Å². The van der Waals surface area contributed by atoms with Crippen molar-refractivity contribution in [3.05, 3.63) is 54.1 Å². The standard InChI is InChI=1S/C15H13F3OS/c1-2-11-3-5-12(6-4-11)19-13-7-9-14(10-8-13)20-15(16,17)18/h3-10H,2H2,1H3. The van der Waals surface area contributed by atoms with Gasteiger partial charge in [-0.25, -0.2) is 0 Å². The molecule has 0 unspecified atom stereocenters. The van der Waals surface area contributed by atoms with Crippen molar-refractivity contribution in [2.75, 3.05) is 0 Å². The molecule has 5 heteroatoms. The number of hydrogen-bond acceptors (Lipinski definition) is 2. The number of ether oxygens (including phenoxy) is 1. The first-order valence-electron chi connectivity index (χ1n) is 6.09. The van der Waals surface area contributed by atoms with Crippen molar-refractivity contribution in [1.82, 2.24) is 0 Å². The van der Waals surface area contributed by atoms with E-state index in [1.807, 2.05) is 24.3 Å². The summed E-state index contributed by atoms with van der Waals surface area (Å²) in [5.74, 6) is 1.18. The molecular weight excluding hydrogens is 285 g/mol. The molecular formula is C15H13F3OS. The fourth-order valence-corrected chi connectivity index (χ4v) is 2.18. The molecule has 0 atom stereocenters. The number of aryl methyl sites for hydroxylation is 1. The van der Waals surface area contributed by atoms with Crippen LogP contribution in [-0.4, -0.2) is 5.51 Å². The molecule has 0 aromatic heterocycles. The van der Waals surface area contributed by atoms with Crippen LogP contribution in [0.5, 0.6) is 11.5 Å². The molecule has 2 aromatic rings. The minimum absolute atomic E-state index is 0.135. The van der Waals surface area contributed by atoms with Gasteiger partial charge in [0.25, 0.3) is 0 Å². The van der Waals surface area contributed by atoms with Crippen LogP contribution in [0.15, 0.2) is 53.4 Å². The number of thioether (sulfide) groups is 1. The molecule has 0 saturated heterocycles. The van der Waals surface area contributed by atoms with Crippen molar-refractivity contribution in [2.45, 2.75) is 23.7 Å². The zero-order valence-electron chi connectivity index (χ0n) is 10.8. The van der Waals surface area contributed by atoms with E-state index in [1.54, 1.807) is 0 Å². The Labute approximate surface area is 119 Å². The van der Waals surface area contributed by atoms with Gasteiger partial charge in [0, 0.05) is 4.90 Å². The Kier molecular flexibility index (Phi) is 4.60. The summed E-state index contributed by atoms with van der Waals surface area (Å²) in [7, 11) is 0. The monoisotopic (exact) mass is 298 g/mol. The van der Waals surface area contributed by atoms with E-state index in [0.717, 1.165) is 6.42 Å². The van der Waals surface area contributed by atoms with Gasteiger partial charge in [-0.2, -0.15) is 13.2 Å². The van der Waals surface area contributed by atoms with Gasteiger partial charge in [-0.1, -0.05) is 19.1 Å². The van der Waals surface area contributed by atoms with E-state index in [1.165, 1.54) is 29.8 Å². The van der Waals surface area contributed by atoms with Crippen LogP contribution in [0.2, 0.25) is 0 Å². The van der Waals surface area contributed by atoms with E-state index in [-0.39, 0.29) is 16.7 Å². The molecule has 2 rings (SSSR count). The summed E-state index contributed by atoms with van der Waals surface area (Å²) >= 11 is -0.135. The van der Waals surface area contributed by atoms with Crippen LogP contribution in [0.25, 0.3) is 0 Å². The lowest BCUT2D eigenvalue weighted by molar-refractivity contribution is -0.0328. The number of alkyl halides is 3. The van der Waals surface area contributed by atoms with E-state index in [4.69, 9.17) is 4.74 Å². The molecule has 0 aliphatic heterocycles. The highest BCUT2D eigenvalue weighted by molar-refractivity contribution is 8.00. The van der Waals surface area contributed by atoms with Crippen molar-refractivity contribution in [2.24, 2.45) is 0 Å². The van der Waals surface area contributed by atoms with E-state index >= 15 is 0 Å². The van der Waals surface area contributed by atoms with E-state index in [0.29, 0.717) is 11.5 Å². The summed E-state index contributed by atoms with van der Waals surface area (Å²) in [6, 6.07) is 13.5. The van der Waals surface area contributed by atoms with E-state index in [9.17, 15) is 13.2 Å². The topological polar surface area (TPSA) is 9.23 Å². The lowest BCUT2D eigenvalue weighted by Gasteiger charge is -2.08. The van der Waals surface area contributed by atoms with Crippen molar-refractivity contribution in [1.29, 1.82) is 0 Å². The summed E-state index contributed by atoms with van der Waals surface area (Å²) in [6.07, 6.45) is 0.948. The maximum Gasteiger partial charge on any atom is 0.446 e. The molecule has 0 aliphatic carbocycles. The average Bonchev–Trinajstić information content (AvgIpc) is 2.40. The zero-order valence-corrected chi connectivity index (χ0v) is 11.6. The predicted octanol–water partition coefficient (Wildman–Crippen LogP) is 5.65. The van der Waals surface area contributed by atoms with Gasteiger partial charge in [0.05, 0.1) is 0 Å². The summed E-state index contributed by atoms with van der Waals surface area (Å²) in [4.78, 5) is 0.145. The van der Waals surface area contributed by atoms with Crippen molar-refractivity contribution < 1.29 is 17.9 Å². The van der Waals surface area contributed by atoms with Crippen molar-refractivity contribution in [3.8, 4) is 11.5 Å². The normalized spacial score (nSPS) is 11.4. The first-order chi connectivity index (χ1) is 9.46. The van der Waals surface area contributed by atoms with Crippen LogP contribution in [0.4, 0.5) is 13.2 Å². The van der Waals surface area contributed by atoms with Crippen LogP contribution in [0, 0.1) is 0 Å². The zero-order chi connectivity index (χ0) is 14.6. The van der Waals surface area contributed by atoms with Gasteiger partial charge in [-0.3, -0.25) is 0 Å². The molecule has 2 aromatic carbocycles. The maximum absolute atomic E-state index is 12.2. The second kappa shape index (κ2) is 6.22. The molecule has 0 heterocycles. The van der Waals surface area contributed by atoms with Crippen LogP contribution < -0.4 is 4.74 Å². The third-order valence-corrected chi connectivity index (χ3v) is 3.36. The Morgan fingerprint density at radius 1 is 0.900 bits per heavy atom. The summed E-state index contributed by atoms with van der Waals surface area (Å²) in [5.41, 5.74) is -3.06. The second-order valence-corrected chi connectivity index (χ2v) is 5.26. The molecule has 0 amide bonds. The SMILES string of the molecule is CCc1ccc(Oc2ccc(SC(F)(F)F)cc2)cc1. The lowest BCUT2D eigenvalue weighted by Crippen LogP contribution is -1.98. The molecule has 20 heavy (non-hydrogen) atoms. The highest BCUT2D eigenvalue weighted by atomic mass is 32.2. The van der Waals surface area contributed by atoms with Crippen molar-refractivity contribution in [3.63, 3.8) is 0 Å². The quantitative estimate of drug-likeness (QED) is 0.674. The molecule has 0 fully saturated rings. The Balaban J connectivity index is 2.02. The third-order valence-electron chi connectivity index (χ3n) is 2.62. The second-order valence-electron chi connectivity index (χ2n) is 4.12. The molecule has 0 aliphatic rings. The molecule has 106 valence electrons. The number of hydrogen-bond donors (Lipinski definition) is 0. The predicted molar refractivity (Wildman–Crippen MR) is 74.2 cm³/mol. The van der Waals surface area contributed by atoms with Gasteiger partial charge in [0.2, 0.25) is 0 Å². The molecule has 0 saturated carbocycles. The Hall–Kier alpha value is -1.62. The highest BCUT2D eigenvalue weighted by Crippen LogP contribution is 2.37. The maximum atomic E-state index is 12.2.